The van der Waals surface area contributed by atoms with Gasteiger partial charge in [0.1, 0.15) is 11.9 Å². The van der Waals surface area contributed by atoms with Gasteiger partial charge in [0, 0.05) is 10.4 Å². The third-order valence-electron chi connectivity index (χ3n) is 2.85. The highest BCUT2D eigenvalue weighted by molar-refractivity contribution is 9.10. The van der Waals surface area contributed by atoms with E-state index in [4.69, 9.17) is 5.11 Å². The second-order valence-electron chi connectivity index (χ2n) is 3.83. The highest BCUT2D eigenvalue weighted by atomic mass is 79.9. The molecule has 1 aromatic carbocycles. The van der Waals surface area contributed by atoms with E-state index >= 15 is 0 Å². The molecule has 0 radical (unpaired) electrons. The standard InChI is InChI=1S/C11H11BrFNO2/c12-9-2-1-6(13)5-8(9)7-3-4-14-10(7)11(15)16/h1-2,5,7,10,14H,3-4H2,(H,15,16). The van der Waals surface area contributed by atoms with Gasteiger partial charge in [-0.25, -0.2) is 4.39 Å². The van der Waals surface area contributed by atoms with E-state index in [1.807, 2.05) is 0 Å². The van der Waals surface area contributed by atoms with Crippen molar-refractivity contribution in [1.29, 1.82) is 0 Å². The van der Waals surface area contributed by atoms with Crippen LogP contribution in [0.25, 0.3) is 0 Å². The van der Waals surface area contributed by atoms with Crippen molar-refractivity contribution in [2.24, 2.45) is 0 Å². The number of benzene rings is 1. The molecule has 86 valence electrons. The summed E-state index contributed by atoms with van der Waals surface area (Å²) in [5.41, 5.74) is 0.720. The van der Waals surface area contributed by atoms with Crippen LogP contribution in [0.3, 0.4) is 0 Å². The molecule has 2 rings (SSSR count). The van der Waals surface area contributed by atoms with Crippen LogP contribution in [-0.4, -0.2) is 23.7 Å². The minimum Gasteiger partial charge on any atom is -0.480 e. The lowest BCUT2D eigenvalue weighted by Gasteiger charge is -2.17. The van der Waals surface area contributed by atoms with Crippen molar-refractivity contribution in [1.82, 2.24) is 5.32 Å². The molecule has 5 heteroatoms. The first-order valence-electron chi connectivity index (χ1n) is 5.00. The van der Waals surface area contributed by atoms with E-state index in [1.54, 1.807) is 6.07 Å². The summed E-state index contributed by atoms with van der Waals surface area (Å²) in [5, 5.41) is 11.9. The first-order chi connectivity index (χ1) is 7.59. The predicted octanol–water partition coefficient (Wildman–Crippen LogP) is 2.12. The van der Waals surface area contributed by atoms with Crippen molar-refractivity contribution in [2.75, 3.05) is 6.54 Å². The molecule has 2 atom stereocenters. The summed E-state index contributed by atoms with van der Waals surface area (Å²) in [6.07, 6.45) is 0.707. The fourth-order valence-electron chi connectivity index (χ4n) is 2.10. The smallest absolute Gasteiger partial charge is 0.321 e. The molecule has 2 unspecified atom stereocenters. The highest BCUT2D eigenvalue weighted by Crippen LogP contribution is 2.33. The number of halogens is 2. The maximum Gasteiger partial charge on any atom is 0.321 e. The molecule has 1 heterocycles. The SMILES string of the molecule is O=C(O)C1NCCC1c1cc(F)ccc1Br. The topological polar surface area (TPSA) is 49.3 Å². The van der Waals surface area contributed by atoms with Gasteiger partial charge in [-0.2, -0.15) is 0 Å². The number of aliphatic carboxylic acids is 1. The predicted molar refractivity (Wildman–Crippen MR) is 60.9 cm³/mol. The Hall–Kier alpha value is -0.940. The number of rotatable bonds is 2. The van der Waals surface area contributed by atoms with Crippen LogP contribution in [0.1, 0.15) is 17.9 Å². The second-order valence-corrected chi connectivity index (χ2v) is 4.69. The molecular weight excluding hydrogens is 277 g/mol. The average Bonchev–Trinajstić information content (AvgIpc) is 2.70. The minimum absolute atomic E-state index is 0.178. The summed E-state index contributed by atoms with van der Waals surface area (Å²) >= 11 is 3.33. The van der Waals surface area contributed by atoms with Crippen LogP contribution >= 0.6 is 15.9 Å². The quantitative estimate of drug-likeness (QED) is 0.876. The summed E-state index contributed by atoms with van der Waals surface area (Å²) in [5.74, 6) is -1.41. The number of carboxylic acids is 1. The Morgan fingerprint density at radius 2 is 2.31 bits per heavy atom. The van der Waals surface area contributed by atoms with Crippen molar-refractivity contribution >= 4 is 21.9 Å². The zero-order chi connectivity index (χ0) is 11.7. The van der Waals surface area contributed by atoms with E-state index in [1.165, 1.54) is 12.1 Å². The van der Waals surface area contributed by atoms with Crippen molar-refractivity contribution in [3.8, 4) is 0 Å². The van der Waals surface area contributed by atoms with Gasteiger partial charge < -0.3 is 10.4 Å². The molecule has 0 aliphatic carbocycles. The number of nitrogens with one attached hydrogen (secondary N) is 1. The summed E-state index contributed by atoms with van der Waals surface area (Å²) in [4.78, 5) is 11.0. The number of carbonyl (C=O) groups is 1. The Morgan fingerprint density at radius 1 is 1.56 bits per heavy atom. The van der Waals surface area contributed by atoms with E-state index in [0.717, 1.165) is 10.0 Å². The molecule has 1 fully saturated rings. The van der Waals surface area contributed by atoms with Crippen LogP contribution in [0.15, 0.2) is 22.7 Å². The zero-order valence-electron chi connectivity index (χ0n) is 8.41. The van der Waals surface area contributed by atoms with Crippen molar-refractivity contribution in [2.45, 2.75) is 18.4 Å². The maximum absolute atomic E-state index is 13.1. The molecule has 1 aliphatic rings. The third-order valence-corrected chi connectivity index (χ3v) is 3.57. The van der Waals surface area contributed by atoms with Crippen LogP contribution < -0.4 is 5.32 Å². The Bertz CT molecular complexity index is 424. The molecule has 0 aromatic heterocycles. The molecule has 2 N–H and O–H groups in total. The lowest BCUT2D eigenvalue weighted by molar-refractivity contribution is -0.139. The number of hydrogen-bond acceptors (Lipinski definition) is 2. The summed E-state index contributed by atoms with van der Waals surface area (Å²) in [6, 6.07) is 3.74. The summed E-state index contributed by atoms with van der Waals surface area (Å²) in [6.45, 7) is 0.643. The average molecular weight is 288 g/mol. The Balaban J connectivity index is 2.35. The summed E-state index contributed by atoms with van der Waals surface area (Å²) in [7, 11) is 0. The van der Waals surface area contributed by atoms with Gasteiger partial charge in [0.2, 0.25) is 0 Å². The molecule has 3 nitrogen and oxygen atoms in total. The Kier molecular flexibility index (Phi) is 3.25. The lowest BCUT2D eigenvalue weighted by Crippen LogP contribution is -2.34. The molecule has 1 saturated heterocycles. The molecule has 16 heavy (non-hydrogen) atoms. The van der Waals surface area contributed by atoms with Gasteiger partial charge in [-0.15, -0.1) is 0 Å². The van der Waals surface area contributed by atoms with Gasteiger partial charge in [0.15, 0.2) is 0 Å². The zero-order valence-corrected chi connectivity index (χ0v) is 10.00. The van der Waals surface area contributed by atoms with Gasteiger partial charge in [-0.1, -0.05) is 15.9 Å². The molecule has 1 aromatic rings. The van der Waals surface area contributed by atoms with Gasteiger partial charge in [-0.3, -0.25) is 4.79 Å². The van der Waals surface area contributed by atoms with E-state index in [-0.39, 0.29) is 11.7 Å². The van der Waals surface area contributed by atoms with E-state index in [9.17, 15) is 9.18 Å². The maximum atomic E-state index is 13.1. The van der Waals surface area contributed by atoms with E-state index in [0.29, 0.717) is 13.0 Å². The summed E-state index contributed by atoms with van der Waals surface area (Å²) < 4.78 is 13.9. The second kappa shape index (κ2) is 4.51. The Morgan fingerprint density at radius 3 is 3.00 bits per heavy atom. The highest BCUT2D eigenvalue weighted by Gasteiger charge is 2.34. The number of hydrogen-bond donors (Lipinski definition) is 2. The normalized spacial score (nSPS) is 24.6. The van der Waals surface area contributed by atoms with Crippen LogP contribution in [0.4, 0.5) is 4.39 Å². The van der Waals surface area contributed by atoms with Crippen molar-refractivity contribution < 1.29 is 14.3 Å². The molecule has 0 saturated carbocycles. The lowest BCUT2D eigenvalue weighted by atomic mass is 9.92. The van der Waals surface area contributed by atoms with Crippen molar-refractivity contribution in [3.63, 3.8) is 0 Å². The molecular formula is C11H11BrFNO2. The van der Waals surface area contributed by atoms with Crippen LogP contribution in [0.2, 0.25) is 0 Å². The van der Waals surface area contributed by atoms with E-state index in [2.05, 4.69) is 21.2 Å². The molecule has 0 bridgehead atoms. The van der Waals surface area contributed by atoms with Gasteiger partial charge in [0.05, 0.1) is 0 Å². The van der Waals surface area contributed by atoms with Crippen LogP contribution in [-0.2, 0) is 4.79 Å². The fourth-order valence-corrected chi connectivity index (χ4v) is 2.64. The molecule has 1 aliphatic heterocycles. The van der Waals surface area contributed by atoms with Crippen LogP contribution in [0.5, 0.6) is 0 Å². The van der Waals surface area contributed by atoms with Gasteiger partial charge >= 0.3 is 5.97 Å². The Labute approximate surface area is 101 Å². The third kappa shape index (κ3) is 2.10. The van der Waals surface area contributed by atoms with Crippen molar-refractivity contribution in [3.05, 3.63) is 34.1 Å². The van der Waals surface area contributed by atoms with Crippen LogP contribution in [0, 0.1) is 5.82 Å². The van der Waals surface area contributed by atoms with Gasteiger partial charge in [0.25, 0.3) is 0 Å². The van der Waals surface area contributed by atoms with E-state index < -0.39 is 12.0 Å². The number of carboxylic acid groups (broad SMARTS) is 1. The van der Waals surface area contributed by atoms with Gasteiger partial charge in [-0.05, 0) is 36.7 Å². The first-order valence-corrected chi connectivity index (χ1v) is 5.80. The molecule has 0 amide bonds. The monoisotopic (exact) mass is 287 g/mol. The largest absolute Gasteiger partial charge is 0.480 e. The fraction of sp³-hybridized carbons (Fsp3) is 0.364. The first kappa shape index (κ1) is 11.5. The molecule has 0 spiro atoms. The minimum atomic E-state index is -0.890.